The number of amides is 4. The van der Waals surface area contributed by atoms with Gasteiger partial charge in [-0.05, 0) is 68.7 Å². The zero-order valence-corrected chi connectivity index (χ0v) is 38.1. The molecule has 16 heteroatoms. The van der Waals surface area contributed by atoms with Crippen molar-refractivity contribution in [3.8, 4) is 33.6 Å². The number of nitrogens with zero attached hydrogens (tertiary/aromatic N) is 4. The number of thiophene rings is 2. The Hall–Kier alpha value is -6.78. The highest BCUT2D eigenvalue weighted by molar-refractivity contribution is 7.27. The van der Waals surface area contributed by atoms with E-state index in [1.54, 1.807) is 53.2 Å². The van der Waals surface area contributed by atoms with Gasteiger partial charge in [-0.2, -0.15) is 0 Å². The molecular weight excluding hydrogens is 861 g/mol. The number of aromatic amines is 2. The molecule has 0 bridgehead atoms. The fourth-order valence-corrected chi connectivity index (χ4v) is 11.2. The van der Waals surface area contributed by atoms with Crippen LogP contribution in [0.5, 0.6) is 0 Å². The zero-order valence-electron chi connectivity index (χ0n) is 36.5. The summed E-state index contributed by atoms with van der Waals surface area (Å²) in [6.07, 6.45) is 5.45. The third kappa shape index (κ3) is 9.13. The van der Waals surface area contributed by atoms with Gasteiger partial charge in [0.15, 0.2) is 0 Å². The number of carbonyl (C=O) groups excluding carboxylic acids is 4. The molecule has 7 aromatic rings. The fourth-order valence-electron chi connectivity index (χ4n) is 8.76. The van der Waals surface area contributed by atoms with Gasteiger partial charge >= 0.3 is 12.2 Å². The third-order valence-electron chi connectivity index (χ3n) is 11.8. The number of rotatable bonds is 11. The molecule has 4 N–H and O–H groups in total. The molecule has 0 saturated carbocycles. The zero-order chi connectivity index (χ0) is 45.2. The first-order chi connectivity index (χ1) is 31.5. The lowest BCUT2D eigenvalue weighted by atomic mass is 10.0. The summed E-state index contributed by atoms with van der Waals surface area (Å²) in [5.74, 6) is 0.987. The van der Waals surface area contributed by atoms with Gasteiger partial charge in [-0.1, -0.05) is 84.9 Å². The van der Waals surface area contributed by atoms with Crippen molar-refractivity contribution in [3.05, 3.63) is 131 Å². The summed E-state index contributed by atoms with van der Waals surface area (Å²) in [7, 11) is 1.28. The summed E-state index contributed by atoms with van der Waals surface area (Å²) >= 11 is 3.37. The van der Waals surface area contributed by atoms with Crippen LogP contribution in [-0.2, 0) is 19.1 Å². The van der Waals surface area contributed by atoms with Gasteiger partial charge in [0.1, 0.15) is 29.3 Å². The van der Waals surface area contributed by atoms with Crippen molar-refractivity contribution in [2.24, 2.45) is 0 Å². The second kappa shape index (κ2) is 18.4. The van der Waals surface area contributed by atoms with Gasteiger partial charge in [-0.25, -0.2) is 19.6 Å². The molecule has 2 saturated heterocycles. The Morgan fingerprint density at radius 3 is 1.68 bits per heavy atom. The highest BCUT2D eigenvalue weighted by Crippen LogP contribution is 2.45. The minimum absolute atomic E-state index is 0.211. The number of hydrogen-bond donors (Lipinski definition) is 4. The molecule has 2 fully saturated rings. The van der Waals surface area contributed by atoms with E-state index in [1.165, 1.54) is 11.8 Å². The SMILES string of the molecule is COC(=O)N[C@@H](C(=O)N1CCCC1c1ncc(-c2csc3c(-c4ccc(-c5cnc([C@@H]6CCCN6C(=O)[C@H](NC(=O)OC(C)(C)C)c6ccccc6)[nH]5)cc4)csc23)[nH]1)c1ccccc1. The number of ether oxygens (including phenoxy) is 2. The molecule has 0 radical (unpaired) electrons. The Morgan fingerprint density at radius 2 is 1.14 bits per heavy atom. The van der Waals surface area contributed by atoms with E-state index < -0.39 is 29.9 Å². The molecular formula is C49H50N8O6S2. The van der Waals surface area contributed by atoms with Crippen LogP contribution in [0, 0.1) is 0 Å². The topological polar surface area (TPSA) is 175 Å². The lowest BCUT2D eigenvalue weighted by molar-refractivity contribution is -0.135. The maximum absolute atomic E-state index is 14.2. The van der Waals surface area contributed by atoms with Crippen molar-refractivity contribution >= 4 is 56.1 Å². The molecule has 2 aliphatic heterocycles. The van der Waals surface area contributed by atoms with Gasteiger partial charge in [0, 0.05) is 35.0 Å². The van der Waals surface area contributed by atoms with Crippen LogP contribution in [0.2, 0.25) is 0 Å². The summed E-state index contributed by atoms with van der Waals surface area (Å²) in [4.78, 5) is 73.6. The first-order valence-corrected chi connectivity index (χ1v) is 23.5. The summed E-state index contributed by atoms with van der Waals surface area (Å²) in [6.45, 7) is 6.47. The summed E-state index contributed by atoms with van der Waals surface area (Å²) < 4.78 is 12.7. The molecule has 2 aliphatic rings. The number of aromatic nitrogens is 4. The van der Waals surface area contributed by atoms with E-state index in [-0.39, 0.29) is 23.9 Å². The van der Waals surface area contributed by atoms with Crippen LogP contribution >= 0.6 is 22.7 Å². The Morgan fingerprint density at radius 1 is 0.662 bits per heavy atom. The second-order valence-electron chi connectivity index (χ2n) is 17.2. The van der Waals surface area contributed by atoms with Crippen molar-refractivity contribution < 1.29 is 28.7 Å². The van der Waals surface area contributed by atoms with E-state index in [4.69, 9.17) is 19.4 Å². The number of imidazole rings is 2. The number of methoxy groups -OCH3 is 1. The van der Waals surface area contributed by atoms with Crippen LogP contribution in [0.4, 0.5) is 9.59 Å². The van der Waals surface area contributed by atoms with Gasteiger partial charge in [-0.15, -0.1) is 22.7 Å². The van der Waals surface area contributed by atoms with E-state index in [2.05, 4.69) is 55.6 Å². The number of fused-ring (bicyclic) bond motifs is 1. The van der Waals surface area contributed by atoms with Gasteiger partial charge in [0.25, 0.3) is 11.8 Å². The molecule has 6 heterocycles. The minimum Gasteiger partial charge on any atom is -0.453 e. The van der Waals surface area contributed by atoms with Crippen molar-refractivity contribution in [2.45, 2.75) is 76.2 Å². The number of alkyl carbamates (subject to hydrolysis) is 2. The monoisotopic (exact) mass is 910 g/mol. The van der Waals surface area contributed by atoms with Gasteiger partial charge in [0.05, 0.1) is 52.4 Å². The lowest BCUT2D eigenvalue weighted by Crippen LogP contribution is -2.44. The van der Waals surface area contributed by atoms with Crippen molar-refractivity contribution in [1.82, 2.24) is 40.4 Å². The molecule has 4 amide bonds. The number of likely N-dealkylation sites (tertiary alicyclic amines) is 2. The highest BCUT2D eigenvalue weighted by Gasteiger charge is 2.39. The first-order valence-electron chi connectivity index (χ1n) is 21.7. The average Bonchev–Trinajstić information content (AvgIpc) is 4.17. The predicted molar refractivity (Wildman–Crippen MR) is 251 cm³/mol. The van der Waals surface area contributed by atoms with Crippen molar-refractivity contribution in [3.63, 3.8) is 0 Å². The van der Waals surface area contributed by atoms with Crippen LogP contribution in [0.15, 0.2) is 108 Å². The summed E-state index contributed by atoms with van der Waals surface area (Å²) in [5, 5.41) is 9.89. The summed E-state index contributed by atoms with van der Waals surface area (Å²) in [6, 6.07) is 24.5. The minimum atomic E-state index is -0.911. The number of H-pyrrole nitrogens is 2. The molecule has 1 unspecified atom stereocenters. The smallest absolute Gasteiger partial charge is 0.408 e. The van der Waals surface area contributed by atoms with E-state index in [9.17, 15) is 19.2 Å². The quantitative estimate of drug-likeness (QED) is 0.0992. The van der Waals surface area contributed by atoms with E-state index in [0.29, 0.717) is 35.9 Å². The maximum Gasteiger partial charge on any atom is 0.408 e. The fraction of sp³-hybridized carbons (Fsp3) is 0.306. The number of benzene rings is 3. The van der Waals surface area contributed by atoms with Gasteiger partial charge in [0.2, 0.25) is 0 Å². The molecule has 65 heavy (non-hydrogen) atoms. The average molecular weight is 911 g/mol. The molecule has 3 aromatic carbocycles. The normalized spacial score (nSPS) is 17.2. The van der Waals surface area contributed by atoms with E-state index in [0.717, 1.165) is 64.0 Å². The standard InChI is InChI=1S/C49H50N8O6S2/c1-49(2,3)63-48(61)55-40(32-15-9-6-10-16-32)46(59)56-23-11-17-37(56)43-50-25-35(52-43)30-21-19-29(20-22-30)33-27-64-42-34(28-65-41(33)42)36-26-51-44(53-36)38-18-12-24-57(38)45(58)39(54-47(60)62-4)31-13-7-5-8-14-31/h5-10,13-16,19-22,25-28,37-40H,11-12,17-18,23-24H2,1-4H3,(H,50,52)(H,51,53)(H,54,60)(H,55,61)/t37-,38?,39+,40+/m0/s1. The molecule has 0 spiro atoms. The Kier molecular flexibility index (Phi) is 12.3. The van der Waals surface area contributed by atoms with Crippen LogP contribution in [0.1, 0.15) is 93.4 Å². The Balaban J connectivity index is 0.892. The second-order valence-corrected chi connectivity index (χ2v) is 19.0. The van der Waals surface area contributed by atoms with Crippen molar-refractivity contribution in [2.75, 3.05) is 20.2 Å². The lowest BCUT2D eigenvalue weighted by Gasteiger charge is -2.29. The third-order valence-corrected chi connectivity index (χ3v) is 14.0. The Bertz CT molecular complexity index is 2810. The van der Waals surface area contributed by atoms with E-state index >= 15 is 0 Å². The molecule has 0 aliphatic carbocycles. The molecule has 14 nitrogen and oxygen atoms in total. The van der Waals surface area contributed by atoms with Crippen LogP contribution < -0.4 is 10.6 Å². The van der Waals surface area contributed by atoms with Crippen LogP contribution in [0.3, 0.4) is 0 Å². The molecule has 9 rings (SSSR count). The number of hydrogen-bond acceptors (Lipinski definition) is 10. The number of carbonyl (C=O) groups is 4. The van der Waals surface area contributed by atoms with Gasteiger partial charge in [-0.3, -0.25) is 9.59 Å². The number of nitrogens with one attached hydrogen (secondary N) is 4. The molecule has 4 atom stereocenters. The van der Waals surface area contributed by atoms with Gasteiger partial charge < -0.3 is 39.9 Å². The first kappa shape index (κ1) is 43.5. The molecule has 334 valence electrons. The molecule has 4 aromatic heterocycles. The Labute approximate surface area is 384 Å². The van der Waals surface area contributed by atoms with Crippen LogP contribution in [-0.4, -0.2) is 79.5 Å². The van der Waals surface area contributed by atoms with Crippen molar-refractivity contribution in [1.29, 1.82) is 0 Å². The maximum atomic E-state index is 14.2. The predicted octanol–water partition coefficient (Wildman–Crippen LogP) is 10.1. The largest absolute Gasteiger partial charge is 0.453 e. The highest BCUT2D eigenvalue weighted by atomic mass is 32.1. The van der Waals surface area contributed by atoms with E-state index in [1.807, 2.05) is 73.1 Å². The van der Waals surface area contributed by atoms with Crippen LogP contribution in [0.25, 0.3) is 43.0 Å². The summed E-state index contributed by atoms with van der Waals surface area (Å²) in [5.41, 5.74) is 6.63.